The highest BCUT2D eigenvalue weighted by atomic mass is 32.2. The minimum Gasteiger partial charge on any atom is -0.468 e. The van der Waals surface area contributed by atoms with Crippen LogP contribution < -0.4 is 5.73 Å². The zero-order valence-corrected chi connectivity index (χ0v) is 9.12. The van der Waals surface area contributed by atoms with E-state index in [-0.39, 0.29) is 0 Å². The Hall–Kier alpha value is -1.49. The van der Waals surface area contributed by atoms with Crippen LogP contribution in [-0.4, -0.2) is 9.97 Å². The van der Waals surface area contributed by atoms with E-state index in [1.54, 1.807) is 30.4 Å². The minimum absolute atomic E-state index is 0.447. The number of furan rings is 1. The molecule has 2 heterocycles. The molecule has 0 atom stereocenters. The zero-order chi connectivity index (χ0) is 10.7. The lowest BCUT2D eigenvalue weighted by molar-refractivity contribution is 0.527. The van der Waals surface area contributed by atoms with Gasteiger partial charge in [-0.15, -0.1) is 11.8 Å². The van der Waals surface area contributed by atoms with Crippen LogP contribution in [0.25, 0.3) is 0 Å². The molecule has 0 radical (unpaired) electrons. The van der Waals surface area contributed by atoms with Gasteiger partial charge in [0.2, 0.25) is 0 Å². The Balaban J connectivity index is 1.99. The molecular weight excluding hydrogens is 210 g/mol. The number of anilines is 1. The van der Waals surface area contributed by atoms with Crippen LogP contribution in [0.15, 0.2) is 34.0 Å². The Kier molecular flexibility index (Phi) is 2.91. The molecule has 0 aromatic carbocycles. The molecule has 0 spiro atoms. The predicted octanol–water partition coefficient (Wildman–Crippen LogP) is 2.25. The average Bonchev–Trinajstić information content (AvgIpc) is 2.63. The summed E-state index contributed by atoms with van der Waals surface area (Å²) in [6.45, 7) is 1.94. The van der Waals surface area contributed by atoms with Gasteiger partial charge in [0, 0.05) is 10.6 Å². The normalized spacial score (nSPS) is 10.5. The number of nitrogens with zero attached hydrogens (tertiary/aromatic N) is 2. The van der Waals surface area contributed by atoms with Crippen molar-refractivity contribution in [3.63, 3.8) is 0 Å². The number of rotatable bonds is 3. The van der Waals surface area contributed by atoms with E-state index in [0.717, 1.165) is 22.1 Å². The van der Waals surface area contributed by atoms with Gasteiger partial charge >= 0.3 is 0 Å². The molecule has 0 aliphatic carbocycles. The van der Waals surface area contributed by atoms with Gasteiger partial charge in [-0.2, -0.15) is 0 Å². The quantitative estimate of drug-likeness (QED) is 0.805. The summed E-state index contributed by atoms with van der Waals surface area (Å²) in [5.41, 5.74) is 6.36. The first-order valence-corrected chi connectivity index (χ1v) is 5.47. The fourth-order valence-corrected chi connectivity index (χ4v) is 1.97. The lowest BCUT2D eigenvalue weighted by Gasteiger charge is -1.99. The largest absolute Gasteiger partial charge is 0.468 e. The highest BCUT2D eigenvalue weighted by molar-refractivity contribution is 7.98. The van der Waals surface area contributed by atoms with Gasteiger partial charge in [0.05, 0.1) is 24.4 Å². The van der Waals surface area contributed by atoms with Crippen molar-refractivity contribution in [2.24, 2.45) is 0 Å². The van der Waals surface area contributed by atoms with E-state index in [4.69, 9.17) is 10.2 Å². The molecule has 2 rings (SSSR count). The molecule has 78 valence electrons. The molecule has 0 saturated heterocycles. The van der Waals surface area contributed by atoms with Gasteiger partial charge in [-0.25, -0.2) is 4.98 Å². The Morgan fingerprint density at radius 2 is 2.27 bits per heavy atom. The SMILES string of the molecule is Cc1occc1SCc1cnc(N)cn1. The van der Waals surface area contributed by atoms with E-state index in [1.165, 1.54) is 0 Å². The molecule has 2 aromatic rings. The van der Waals surface area contributed by atoms with Crippen molar-refractivity contribution in [1.82, 2.24) is 9.97 Å². The van der Waals surface area contributed by atoms with Crippen LogP contribution in [0.5, 0.6) is 0 Å². The molecule has 4 nitrogen and oxygen atoms in total. The number of aromatic nitrogens is 2. The molecule has 0 saturated carbocycles. The summed E-state index contributed by atoms with van der Waals surface area (Å²) in [5, 5.41) is 0. The van der Waals surface area contributed by atoms with Gasteiger partial charge in [-0.3, -0.25) is 4.98 Å². The van der Waals surface area contributed by atoms with E-state index in [9.17, 15) is 0 Å². The molecule has 0 aliphatic heterocycles. The van der Waals surface area contributed by atoms with Crippen molar-refractivity contribution >= 4 is 17.6 Å². The molecule has 0 aliphatic rings. The minimum atomic E-state index is 0.447. The van der Waals surface area contributed by atoms with Crippen molar-refractivity contribution in [3.8, 4) is 0 Å². The molecule has 2 aromatic heterocycles. The van der Waals surface area contributed by atoms with Crippen LogP contribution in [0, 0.1) is 6.92 Å². The second-order valence-corrected chi connectivity index (χ2v) is 4.08. The van der Waals surface area contributed by atoms with E-state index >= 15 is 0 Å². The van der Waals surface area contributed by atoms with Crippen LogP contribution in [0.2, 0.25) is 0 Å². The first-order valence-electron chi connectivity index (χ1n) is 4.49. The van der Waals surface area contributed by atoms with Crippen LogP contribution in [0.3, 0.4) is 0 Å². The van der Waals surface area contributed by atoms with Gasteiger partial charge < -0.3 is 10.2 Å². The maximum Gasteiger partial charge on any atom is 0.141 e. The molecule has 0 fully saturated rings. The van der Waals surface area contributed by atoms with Crippen LogP contribution in [-0.2, 0) is 5.75 Å². The standard InChI is InChI=1S/C10H11N3OS/c1-7-9(2-3-14-7)15-6-8-4-13-10(11)5-12-8/h2-5H,6H2,1H3,(H2,11,13). The summed E-state index contributed by atoms with van der Waals surface area (Å²) in [6, 6.07) is 1.95. The summed E-state index contributed by atoms with van der Waals surface area (Å²) in [5.74, 6) is 2.15. The summed E-state index contributed by atoms with van der Waals surface area (Å²) < 4.78 is 5.20. The summed E-state index contributed by atoms with van der Waals surface area (Å²) in [4.78, 5) is 9.28. The first kappa shape index (κ1) is 10.0. The van der Waals surface area contributed by atoms with Crippen LogP contribution in [0.4, 0.5) is 5.82 Å². The van der Waals surface area contributed by atoms with E-state index < -0.39 is 0 Å². The molecular formula is C10H11N3OS. The van der Waals surface area contributed by atoms with Gasteiger partial charge in [-0.1, -0.05) is 0 Å². The maximum absolute atomic E-state index is 5.45. The second-order valence-electron chi connectivity index (χ2n) is 3.06. The molecule has 2 N–H and O–H groups in total. The lowest BCUT2D eigenvalue weighted by atomic mass is 10.5. The number of aryl methyl sites for hydroxylation is 1. The van der Waals surface area contributed by atoms with Gasteiger partial charge in [0.25, 0.3) is 0 Å². The number of nitrogen functional groups attached to an aromatic ring is 1. The van der Waals surface area contributed by atoms with Crippen molar-refractivity contribution < 1.29 is 4.42 Å². The third-order valence-corrected chi connectivity index (χ3v) is 3.09. The third kappa shape index (κ3) is 2.50. The number of nitrogens with two attached hydrogens (primary N) is 1. The summed E-state index contributed by atoms with van der Waals surface area (Å²) in [6.07, 6.45) is 4.95. The molecule has 0 bridgehead atoms. The lowest BCUT2D eigenvalue weighted by Crippen LogP contribution is -1.94. The number of hydrogen-bond donors (Lipinski definition) is 1. The Morgan fingerprint density at radius 1 is 1.40 bits per heavy atom. The summed E-state index contributed by atoms with van der Waals surface area (Å²) in [7, 11) is 0. The Morgan fingerprint density at radius 3 is 2.87 bits per heavy atom. The smallest absolute Gasteiger partial charge is 0.141 e. The second kappa shape index (κ2) is 4.35. The Labute approximate surface area is 91.9 Å². The van der Waals surface area contributed by atoms with Gasteiger partial charge in [0.15, 0.2) is 0 Å². The molecule has 5 heteroatoms. The number of hydrogen-bond acceptors (Lipinski definition) is 5. The fourth-order valence-electron chi connectivity index (χ4n) is 1.11. The van der Waals surface area contributed by atoms with Crippen molar-refractivity contribution in [2.75, 3.05) is 5.73 Å². The topological polar surface area (TPSA) is 64.9 Å². The monoisotopic (exact) mass is 221 g/mol. The average molecular weight is 221 g/mol. The van der Waals surface area contributed by atoms with Crippen molar-refractivity contribution in [2.45, 2.75) is 17.6 Å². The first-order chi connectivity index (χ1) is 7.25. The maximum atomic E-state index is 5.45. The van der Waals surface area contributed by atoms with Crippen LogP contribution >= 0.6 is 11.8 Å². The van der Waals surface area contributed by atoms with Gasteiger partial charge in [-0.05, 0) is 13.0 Å². The molecule has 0 unspecified atom stereocenters. The highest BCUT2D eigenvalue weighted by Crippen LogP contribution is 2.25. The number of thioether (sulfide) groups is 1. The zero-order valence-electron chi connectivity index (χ0n) is 8.30. The fraction of sp³-hybridized carbons (Fsp3) is 0.200. The van der Waals surface area contributed by atoms with E-state index in [1.807, 2.05) is 13.0 Å². The molecule has 15 heavy (non-hydrogen) atoms. The Bertz CT molecular complexity index is 438. The predicted molar refractivity (Wildman–Crippen MR) is 59.5 cm³/mol. The highest BCUT2D eigenvalue weighted by Gasteiger charge is 2.03. The van der Waals surface area contributed by atoms with Crippen LogP contribution in [0.1, 0.15) is 11.5 Å². The molecule has 0 amide bonds. The summed E-state index contributed by atoms with van der Waals surface area (Å²) >= 11 is 1.68. The van der Waals surface area contributed by atoms with Crippen molar-refractivity contribution in [3.05, 3.63) is 36.2 Å². The van der Waals surface area contributed by atoms with Crippen molar-refractivity contribution in [1.29, 1.82) is 0 Å². The van der Waals surface area contributed by atoms with E-state index in [0.29, 0.717) is 5.82 Å². The third-order valence-electron chi connectivity index (χ3n) is 1.91. The van der Waals surface area contributed by atoms with E-state index in [2.05, 4.69) is 9.97 Å². The van der Waals surface area contributed by atoms with Gasteiger partial charge in [0.1, 0.15) is 11.6 Å².